The lowest BCUT2D eigenvalue weighted by Gasteiger charge is -2.29. The van der Waals surface area contributed by atoms with Crippen molar-refractivity contribution >= 4 is 23.5 Å². The molecule has 0 bridgehead atoms. The highest BCUT2D eigenvalue weighted by Crippen LogP contribution is 2.15. The number of anilines is 1. The minimum atomic E-state index is -0.988. The number of rotatable bonds is 13. The van der Waals surface area contributed by atoms with Gasteiger partial charge in [-0.3, -0.25) is 9.59 Å². The van der Waals surface area contributed by atoms with Crippen molar-refractivity contribution in [3.05, 3.63) is 71.3 Å². The summed E-state index contributed by atoms with van der Waals surface area (Å²) in [4.78, 5) is 24.8. The average Bonchev–Trinajstić information content (AvgIpc) is 2.77. The van der Waals surface area contributed by atoms with Crippen molar-refractivity contribution in [2.75, 3.05) is 32.5 Å². The highest BCUT2D eigenvalue weighted by molar-refractivity contribution is 6.07. The van der Waals surface area contributed by atoms with Gasteiger partial charge in [-0.15, -0.1) is 0 Å². The number of amides is 1. The molecule has 4 nitrogen and oxygen atoms in total. The lowest BCUT2D eigenvalue weighted by Crippen LogP contribution is -2.46. The zero-order valence-electron chi connectivity index (χ0n) is 19.9. The summed E-state index contributed by atoms with van der Waals surface area (Å²) in [5.74, 6) is -2.37. The van der Waals surface area contributed by atoms with Crippen LogP contribution in [0.1, 0.15) is 61.4 Å². The first-order chi connectivity index (χ1) is 15.7. The summed E-state index contributed by atoms with van der Waals surface area (Å²) in [5.41, 5.74) is 1.01. The second-order valence-corrected chi connectivity index (χ2v) is 9.05. The Morgan fingerprint density at radius 1 is 0.939 bits per heavy atom. The van der Waals surface area contributed by atoms with E-state index in [0.29, 0.717) is 22.3 Å². The molecule has 2 aromatic carbocycles. The number of hydrogen-bond donors (Lipinski definition) is 1. The van der Waals surface area contributed by atoms with Crippen molar-refractivity contribution in [3.63, 3.8) is 0 Å². The zero-order chi connectivity index (χ0) is 24.3. The van der Waals surface area contributed by atoms with Crippen molar-refractivity contribution in [1.29, 1.82) is 0 Å². The van der Waals surface area contributed by atoms with Gasteiger partial charge in [0.2, 0.25) is 0 Å². The fourth-order valence-corrected chi connectivity index (χ4v) is 3.62. The Bertz CT molecular complexity index is 953. The molecule has 33 heavy (non-hydrogen) atoms. The Labute approximate surface area is 195 Å². The smallest absolute Gasteiger partial charge is 0.279 e. The number of nitrogens with zero attached hydrogens (tertiary/aromatic N) is 1. The second kappa shape index (κ2) is 13.0. The van der Waals surface area contributed by atoms with Gasteiger partial charge in [-0.2, -0.15) is 0 Å². The number of unbranched alkanes of at least 4 members (excludes halogenated alkanes) is 5. The standard InChI is InChI=1S/C27H34F2N2O2/c1-4-5-6-7-8-9-19-31(2,3)20-26(33)30-23-16-13-21(14-17-23)25(32)18-15-22-11-10-12-24(28)27(22)29/h10-18H,4-9,19-20H2,1-3H3/p+1/b18-15+. The third-order valence-corrected chi connectivity index (χ3v) is 5.54. The summed E-state index contributed by atoms with van der Waals surface area (Å²) in [7, 11) is 4.11. The molecule has 1 amide bonds. The highest BCUT2D eigenvalue weighted by Gasteiger charge is 2.19. The van der Waals surface area contributed by atoms with Crippen LogP contribution in [-0.4, -0.2) is 43.4 Å². The van der Waals surface area contributed by atoms with Gasteiger partial charge in [-0.1, -0.05) is 44.7 Å². The molecule has 2 rings (SSSR count). The molecule has 0 aliphatic carbocycles. The number of allylic oxidation sites excluding steroid dienone is 1. The molecule has 0 heterocycles. The Balaban J connectivity index is 1.84. The SMILES string of the molecule is CCCCCCCC[N+](C)(C)CC(=O)Nc1ccc(C(=O)/C=C/c2cccc(F)c2F)cc1. The van der Waals surface area contributed by atoms with Gasteiger partial charge in [-0.25, -0.2) is 8.78 Å². The summed E-state index contributed by atoms with van der Waals surface area (Å²) < 4.78 is 27.6. The van der Waals surface area contributed by atoms with Crippen molar-refractivity contribution in [2.24, 2.45) is 0 Å². The minimum Gasteiger partial charge on any atom is -0.321 e. The van der Waals surface area contributed by atoms with E-state index in [4.69, 9.17) is 0 Å². The van der Waals surface area contributed by atoms with Gasteiger partial charge in [-0.05, 0) is 55.3 Å². The lowest BCUT2D eigenvalue weighted by molar-refractivity contribution is -0.882. The Morgan fingerprint density at radius 3 is 2.30 bits per heavy atom. The fourth-order valence-electron chi connectivity index (χ4n) is 3.62. The van der Waals surface area contributed by atoms with Crippen LogP contribution in [0, 0.1) is 11.6 Å². The molecule has 0 aliphatic rings. The average molecular weight is 458 g/mol. The monoisotopic (exact) mass is 457 g/mol. The van der Waals surface area contributed by atoms with Crippen molar-refractivity contribution < 1.29 is 22.9 Å². The molecule has 0 aromatic heterocycles. The number of carbonyl (C=O) groups is 2. The number of likely N-dealkylation sites (N-methyl/N-ethyl adjacent to an activating group) is 1. The van der Waals surface area contributed by atoms with Crippen LogP contribution in [0.3, 0.4) is 0 Å². The van der Waals surface area contributed by atoms with E-state index in [-0.39, 0.29) is 17.3 Å². The molecule has 2 aromatic rings. The van der Waals surface area contributed by atoms with Gasteiger partial charge < -0.3 is 9.80 Å². The van der Waals surface area contributed by atoms with E-state index < -0.39 is 11.6 Å². The van der Waals surface area contributed by atoms with E-state index in [1.54, 1.807) is 24.3 Å². The largest absolute Gasteiger partial charge is 0.321 e. The van der Waals surface area contributed by atoms with E-state index in [1.807, 2.05) is 0 Å². The van der Waals surface area contributed by atoms with Crippen LogP contribution in [0.2, 0.25) is 0 Å². The third kappa shape index (κ3) is 9.26. The second-order valence-electron chi connectivity index (χ2n) is 9.05. The molecule has 0 spiro atoms. The minimum absolute atomic E-state index is 0.00827. The summed E-state index contributed by atoms with van der Waals surface area (Å²) in [5, 5.41) is 2.88. The molecule has 0 saturated carbocycles. The van der Waals surface area contributed by atoms with Crippen LogP contribution in [-0.2, 0) is 4.79 Å². The summed E-state index contributed by atoms with van der Waals surface area (Å²) in [6.07, 6.45) is 9.80. The van der Waals surface area contributed by atoms with Crippen molar-refractivity contribution in [1.82, 2.24) is 0 Å². The Morgan fingerprint density at radius 2 is 1.61 bits per heavy atom. The third-order valence-electron chi connectivity index (χ3n) is 5.54. The number of benzene rings is 2. The first kappa shape index (κ1) is 26.4. The van der Waals surface area contributed by atoms with Gasteiger partial charge >= 0.3 is 0 Å². The number of ketones is 1. The number of quaternary nitrogens is 1. The molecule has 0 radical (unpaired) electrons. The molecule has 0 aliphatic heterocycles. The summed E-state index contributed by atoms with van der Waals surface area (Å²) in [6, 6.07) is 10.3. The Kier molecular flexibility index (Phi) is 10.4. The van der Waals surface area contributed by atoms with Gasteiger partial charge in [0, 0.05) is 16.8 Å². The zero-order valence-corrected chi connectivity index (χ0v) is 19.9. The predicted octanol–water partition coefficient (Wildman–Crippen LogP) is 6.24. The van der Waals surface area contributed by atoms with E-state index in [1.165, 1.54) is 56.4 Å². The maximum atomic E-state index is 13.7. The predicted molar refractivity (Wildman–Crippen MR) is 130 cm³/mol. The number of halogens is 2. The van der Waals surface area contributed by atoms with E-state index in [9.17, 15) is 18.4 Å². The molecular weight excluding hydrogens is 422 g/mol. The first-order valence-corrected chi connectivity index (χ1v) is 11.6. The first-order valence-electron chi connectivity index (χ1n) is 11.6. The number of carbonyl (C=O) groups excluding carboxylic acids is 2. The summed E-state index contributed by atoms with van der Waals surface area (Å²) in [6.45, 7) is 3.53. The Hall–Kier alpha value is -2.86. The normalized spacial score (nSPS) is 11.7. The fraction of sp³-hybridized carbons (Fsp3) is 0.407. The topological polar surface area (TPSA) is 46.2 Å². The van der Waals surface area contributed by atoms with E-state index >= 15 is 0 Å². The molecule has 6 heteroatoms. The summed E-state index contributed by atoms with van der Waals surface area (Å²) >= 11 is 0. The van der Waals surface area contributed by atoms with Gasteiger partial charge in [0.15, 0.2) is 24.0 Å². The highest BCUT2D eigenvalue weighted by atomic mass is 19.2. The molecular formula is C27H35F2N2O2+. The molecule has 0 fully saturated rings. The van der Waals surface area contributed by atoms with Crippen LogP contribution >= 0.6 is 0 Å². The van der Waals surface area contributed by atoms with Crippen molar-refractivity contribution in [2.45, 2.75) is 45.4 Å². The molecule has 0 saturated heterocycles. The van der Waals surface area contributed by atoms with Gasteiger partial charge in [0.25, 0.3) is 5.91 Å². The quantitative estimate of drug-likeness (QED) is 0.168. The van der Waals surface area contributed by atoms with Gasteiger partial charge in [0.05, 0.1) is 20.6 Å². The molecule has 178 valence electrons. The van der Waals surface area contributed by atoms with Crippen LogP contribution in [0.25, 0.3) is 6.08 Å². The van der Waals surface area contributed by atoms with E-state index in [2.05, 4.69) is 26.3 Å². The number of nitrogens with one attached hydrogen (secondary N) is 1. The maximum absolute atomic E-state index is 13.7. The van der Waals surface area contributed by atoms with Crippen molar-refractivity contribution in [3.8, 4) is 0 Å². The van der Waals surface area contributed by atoms with Crippen LogP contribution < -0.4 is 5.32 Å². The van der Waals surface area contributed by atoms with Crippen LogP contribution in [0.15, 0.2) is 48.5 Å². The molecule has 0 unspecified atom stereocenters. The maximum Gasteiger partial charge on any atom is 0.279 e. The van der Waals surface area contributed by atoms with Gasteiger partial charge in [0.1, 0.15) is 0 Å². The number of hydrogen-bond acceptors (Lipinski definition) is 2. The molecule has 0 atom stereocenters. The molecule has 1 N–H and O–H groups in total. The van der Waals surface area contributed by atoms with E-state index in [0.717, 1.165) is 19.0 Å². The van der Waals surface area contributed by atoms with Crippen LogP contribution in [0.5, 0.6) is 0 Å². The lowest BCUT2D eigenvalue weighted by atomic mass is 10.1. The van der Waals surface area contributed by atoms with Crippen LogP contribution in [0.4, 0.5) is 14.5 Å².